The van der Waals surface area contributed by atoms with Crippen LogP contribution in [0.5, 0.6) is 0 Å². The average molecular weight is 843 g/mol. The van der Waals surface area contributed by atoms with Crippen molar-refractivity contribution < 1.29 is 23.6 Å². The predicted octanol–water partition coefficient (Wildman–Crippen LogP) is 8.49. The summed E-state index contributed by atoms with van der Waals surface area (Å²) in [6.45, 7) is 8.84. The monoisotopic (exact) mass is 842 g/mol. The zero-order valence-corrected chi connectivity index (χ0v) is 36.0. The molecule has 1 aliphatic rings. The minimum Gasteiger partial charge on any atom is -0.444 e. The van der Waals surface area contributed by atoms with Crippen molar-refractivity contribution in [3.8, 4) is 22.6 Å². The third-order valence-electron chi connectivity index (χ3n) is 10.9. The summed E-state index contributed by atoms with van der Waals surface area (Å²) in [6, 6.07) is 46.8. The smallest absolute Gasteiger partial charge is 0.408 e. The summed E-state index contributed by atoms with van der Waals surface area (Å²) in [7, 11) is 0. The van der Waals surface area contributed by atoms with Gasteiger partial charge < -0.3 is 24.8 Å². The Balaban J connectivity index is 1.07. The summed E-state index contributed by atoms with van der Waals surface area (Å²) in [5, 5.41) is 24.7. The van der Waals surface area contributed by atoms with E-state index in [2.05, 4.69) is 57.3 Å². The SMILES string of the molecule is CC(C)(CC(=O)N[C@@H]1CCc2ccccc2N(Cc2cc(-c3ccccc3-c3nnn(C(c4ccccc4)(c4ccccc4)c4ccccc4)n3)no2)C1=O)NC(=O)OC(C)(C)C. The molecule has 0 aliphatic carbocycles. The second-order valence-electron chi connectivity index (χ2n) is 17.3. The number of rotatable bonds is 12. The molecule has 1 aliphatic heterocycles. The number of ether oxygens (including phenoxy) is 1. The number of carbonyl (C=O) groups is 3. The van der Waals surface area contributed by atoms with Crippen LogP contribution in [0.2, 0.25) is 0 Å². The van der Waals surface area contributed by atoms with Crippen molar-refractivity contribution in [3.63, 3.8) is 0 Å². The first kappa shape index (κ1) is 42.3. The highest BCUT2D eigenvalue weighted by molar-refractivity contribution is 6.00. The number of benzene rings is 5. The first-order valence-corrected chi connectivity index (χ1v) is 21.0. The summed E-state index contributed by atoms with van der Waals surface area (Å²) >= 11 is 0. The van der Waals surface area contributed by atoms with Crippen LogP contribution in [-0.4, -0.2) is 60.5 Å². The van der Waals surface area contributed by atoms with Crippen LogP contribution in [0.15, 0.2) is 150 Å². The highest BCUT2D eigenvalue weighted by Gasteiger charge is 2.41. The number of nitrogens with one attached hydrogen (secondary N) is 2. The normalized spacial score (nSPS) is 14.4. The maximum atomic E-state index is 14.4. The van der Waals surface area contributed by atoms with E-state index in [0.717, 1.165) is 27.9 Å². The molecule has 2 aromatic heterocycles. The molecule has 3 amide bonds. The van der Waals surface area contributed by atoms with E-state index in [1.807, 2.05) is 109 Å². The number of anilines is 1. The number of hydrogen-bond donors (Lipinski definition) is 2. The molecule has 13 nitrogen and oxygen atoms in total. The quantitative estimate of drug-likeness (QED) is 0.115. The van der Waals surface area contributed by atoms with Crippen molar-refractivity contribution in [1.82, 2.24) is 36.0 Å². The highest BCUT2D eigenvalue weighted by atomic mass is 16.6. The first-order chi connectivity index (χ1) is 30.3. The van der Waals surface area contributed by atoms with E-state index in [9.17, 15) is 14.4 Å². The minimum absolute atomic E-state index is 0.0608. The maximum absolute atomic E-state index is 14.4. The summed E-state index contributed by atoms with van der Waals surface area (Å²) in [6.07, 6.45) is 0.259. The molecule has 0 fully saturated rings. The number of alkyl carbamates (subject to hydrolysis) is 1. The fourth-order valence-electron chi connectivity index (χ4n) is 8.20. The van der Waals surface area contributed by atoms with Crippen LogP contribution >= 0.6 is 0 Å². The van der Waals surface area contributed by atoms with Crippen LogP contribution in [-0.2, 0) is 32.8 Å². The van der Waals surface area contributed by atoms with E-state index in [4.69, 9.17) is 19.6 Å². The standard InChI is InChI=1S/C50H50N8O5/c1-48(2,3)62-47(61)52-49(4,5)32-44(59)51-41-30-29-34-19-15-18-28-43(34)57(46(41)60)33-38-31-42(55-63-38)39-26-16-17-27-40(39)45-53-56-58(54-45)50(35-20-9-6-10-21-35,36-22-11-7-12-23-36)37-24-13-8-14-25-37/h6-28,31,41H,29-30,32-33H2,1-5H3,(H,51,59)(H,52,61)/t41-/m1/s1. The Morgan fingerprint density at radius 2 is 1.33 bits per heavy atom. The second kappa shape index (κ2) is 17.5. The molecule has 63 heavy (non-hydrogen) atoms. The van der Waals surface area contributed by atoms with Crippen LogP contribution in [0.25, 0.3) is 22.6 Å². The Bertz CT molecular complexity index is 2610. The third-order valence-corrected chi connectivity index (χ3v) is 10.9. The lowest BCUT2D eigenvalue weighted by Crippen LogP contribution is -2.52. The molecule has 0 saturated heterocycles. The number of carbonyl (C=O) groups excluding carboxylic acids is 3. The van der Waals surface area contributed by atoms with Crippen LogP contribution in [0.4, 0.5) is 10.5 Å². The van der Waals surface area contributed by atoms with Gasteiger partial charge in [0.1, 0.15) is 17.3 Å². The van der Waals surface area contributed by atoms with Gasteiger partial charge in [0.25, 0.3) is 0 Å². The van der Waals surface area contributed by atoms with Gasteiger partial charge in [0.2, 0.25) is 17.6 Å². The zero-order chi connectivity index (χ0) is 44.2. The number of aryl methyl sites for hydroxylation is 1. The minimum atomic E-state index is -0.953. The Hall–Kier alpha value is -7.41. The van der Waals surface area contributed by atoms with Gasteiger partial charge in [-0.2, -0.15) is 0 Å². The molecule has 7 aromatic rings. The number of nitrogens with zero attached hydrogens (tertiary/aromatic N) is 6. The molecular formula is C50H50N8O5. The fraction of sp³-hybridized carbons (Fsp3) is 0.260. The van der Waals surface area contributed by atoms with Crippen molar-refractivity contribution in [2.45, 2.75) is 83.1 Å². The van der Waals surface area contributed by atoms with Crippen LogP contribution < -0.4 is 15.5 Å². The number of hydrogen-bond acceptors (Lipinski definition) is 9. The fourth-order valence-corrected chi connectivity index (χ4v) is 8.20. The van der Waals surface area contributed by atoms with Gasteiger partial charge in [-0.25, -0.2) is 4.79 Å². The largest absolute Gasteiger partial charge is 0.444 e. The Morgan fingerprint density at radius 3 is 1.95 bits per heavy atom. The molecule has 0 saturated carbocycles. The van der Waals surface area contributed by atoms with Crippen LogP contribution in [0.3, 0.4) is 0 Å². The lowest BCUT2D eigenvalue weighted by atomic mass is 9.77. The summed E-state index contributed by atoms with van der Waals surface area (Å²) in [4.78, 5) is 43.7. The van der Waals surface area contributed by atoms with Gasteiger partial charge in [-0.05, 0) is 81.0 Å². The number of amides is 3. The molecule has 0 bridgehead atoms. The van der Waals surface area contributed by atoms with E-state index in [1.54, 1.807) is 44.3 Å². The Labute approximate surface area is 366 Å². The number of para-hydroxylation sites is 1. The lowest BCUT2D eigenvalue weighted by Gasteiger charge is -2.34. The molecule has 0 spiro atoms. The molecule has 5 aromatic carbocycles. The van der Waals surface area contributed by atoms with Crippen molar-refractivity contribution in [1.29, 1.82) is 0 Å². The Morgan fingerprint density at radius 1 is 0.762 bits per heavy atom. The van der Waals surface area contributed by atoms with E-state index in [-0.39, 0.29) is 24.8 Å². The van der Waals surface area contributed by atoms with Crippen LogP contribution in [0.1, 0.15) is 75.5 Å². The second-order valence-corrected chi connectivity index (χ2v) is 17.3. The van der Waals surface area contributed by atoms with Gasteiger partial charge >= 0.3 is 6.09 Å². The number of tetrazole rings is 1. The molecule has 2 N–H and O–H groups in total. The summed E-state index contributed by atoms with van der Waals surface area (Å²) < 4.78 is 11.4. The van der Waals surface area contributed by atoms with Crippen LogP contribution in [0, 0.1) is 0 Å². The summed E-state index contributed by atoms with van der Waals surface area (Å²) in [5.74, 6) is 0.162. The van der Waals surface area contributed by atoms with Gasteiger partial charge in [0.15, 0.2) is 11.3 Å². The molecule has 3 heterocycles. The molecule has 0 radical (unpaired) electrons. The van der Waals surface area contributed by atoms with Crippen molar-refractivity contribution in [3.05, 3.63) is 174 Å². The maximum Gasteiger partial charge on any atom is 0.408 e. The van der Waals surface area contributed by atoms with Gasteiger partial charge in [0.05, 0.1) is 6.54 Å². The van der Waals surface area contributed by atoms with Crippen molar-refractivity contribution >= 4 is 23.6 Å². The van der Waals surface area contributed by atoms with E-state index in [1.165, 1.54) is 0 Å². The average Bonchev–Trinajstić information content (AvgIpc) is 3.93. The van der Waals surface area contributed by atoms with Gasteiger partial charge in [-0.15, -0.1) is 15.0 Å². The zero-order valence-electron chi connectivity index (χ0n) is 36.0. The van der Waals surface area contributed by atoms with Gasteiger partial charge in [-0.1, -0.05) is 139 Å². The Kier molecular flexibility index (Phi) is 11.8. The van der Waals surface area contributed by atoms with E-state index in [0.29, 0.717) is 41.2 Å². The molecule has 0 unspecified atom stereocenters. The molecule has 13 heteroatoms. The molecular weight excluding hydrogens is 793 g/mol. The topological polar surface area (TPSA) is 157 Å². The van der Waals surface area contributed by atoms with Crippen molar-refractivity contribution in [2.24, 2.45) is 0 Å². The first-order valence-electron chi connectivity index (χ1n) is 21.0. The molecule has 8 rings (SSSR count). The number of fused-ring (bicyclic) bond motifs is 1. The summed E-state index contributed by atoms with van der Waals surface area (Å²) in [5.41, 5.74) is 3.93. The third kappa shape index (κ3) is 9.13. The predicted molar refractivity (Wildman–Crippen MR) is 239 cm³/mol. The van der Waals surface area contributed by atoms with E-state index >= 15 is 0 Å². The van der Waals surface area contributed by atoms with Crippen molar-refractivity contribution in [2.75, 3.05) is 4.90 Å². The lowest BCUT2D eigenvalue weighted by molar-refractivity contribution is -0.128. The van der Waals surface area contributed by atoms with Gasteiger partial charge in [0, 0.05) is 34.8 Å². The van der Waals surface area contributed by atoms with E-state index < -0.39 is 28.8 Å². The molecule has 1 atom stereocenters. The van der Waals surface area contributed by atoms with Gasteiger partial charge in [-0.3, -0.25) is 9.59 Å². The molecule has 320 valence electrons. The number of aromatic nitrogens is 5. The highest BCUT2D eigenvalue weighted by Crippen LogP contribution is 2.40.